The van der Waals surface area contributed by atoms with Crippen molar-refractivity contribution < 1.29 is 19.4 Å². The quantitative estimate of drug-likeness (QED) is 0.925. The van der Waals surface area contributed by atoms with E-state index in [2.05, 4.69) is 0 Å². The second-order valence-electron chi connectivity index (χ2n) is 6.41. The molecule has 0 saturated carbocycles. The molecule has 2 aliphatic heterocycles. The van der Waals surface area contributed by atoms with Crippen molar-refractivity contribution in [3.05, 3.63) is 35.4 Å². The van der Waals surface area contributed by atoms with E-state index in [1.54, 1.807) is 24.3 Å². The Morgan fingerprint density at radius 1 is 1.17 bits per heavy atom. The van der Waals surface area contributed by atoms with Gasteiger partial charge in [-0.05, 0) is 43.2 Å². The Morgan fingerprint density at radius 2 is 1.91 bits per heavy atom. The van der Waals surface area contributed by atoms with E-state index in [0.29, 0.717) is 17.6 Å². The Kier molecular flexibility index (Phi) is 4.96. The molecule has 0 aromatic heterocycles. The van der Waals surface area contributed by atoms with Gasteiger partial charge in [0.15, 0.2) is 0 Å². The first kappa shape index (κ1) is 16.0. The summed E-state index contributed by atoms with van der Waals surface area (Å²) in [7, 11) is 0. The number of carboxylic acids is 1. The maximum Gasteiger partial charge on any atom is 0.335 e. The van der Waals surface area contributed by atoms with Gasteiger partial charge in [-0.2, -0.15) is 0 Å². The average molecular weight is 317 g/mol. The number of carbonyl (C=O) groups excluding carboxylic acids is 1. The van der Waals surface area contributed by atoms with E-state index in [0.717, 1.165) is 45.4 Å². The first-order valence-electron chi connectivity index (χ1n) is 8.35. The number of hydrogen-bond acceptors (Lipinski definition) is 3. The van der Waals surface area contributed by atoms with Crippen LogP contribution >= 0.6 is 0 Å². The van der Waals surface area contributed by atoms with Crippen molar-refractivity contribution in [3.8, 4) is 0 Å². The van der Waals surface area contributed by atoms with Crippen molar-refractivity contribution in [3.63, 3.8) is 0 Å². The van der Waals surface area contributed by atoms with Crippen LogP contribution in [0.3, 0.4) is 0 Å². The minimum absolute atomic E-state index is 0.0180. The van der Waals surface area contributed by atoms with E-state index < -0.39 is 5.97 Å². The molecule has 2 fully saturated rings. The summed E-state index contributed by atoms with van der Waals surface area (Å²) >= 11 is 0. The van der Waals surface area contributed by atoms with Crippen molar-refractivity contribution in [2.75, 3.05) is 19.7 Å². The molecule has 2 heterocycles. The molecule has 2 aliphatic rings. The summed E-state index contributed by atoms with van der Waals surface area (Å²) in [4.78, 5) is 25.6. The van der Waals surface area contributed by atoms with Crippen molar-refractivity contribution >= 4 is 11.9 Å². The lowest BCUT2D eigenvalue weighted by Crippen LogP contribution is -2.41. The first-order valence-corrected chi connectivity index (χ1v) is 8.35. The highest BCUT2D eigenvalue weighted by atomic mass is 16.5. The van der Waals surface area contributed by atoms with Gasteiger partial charge in [-0.3, -0.25) is 4.79 Å². The van der Waals surface area contributed by atoms with Crippen LogP contribution in [0.1, 0.15) is 41.6 Å². The molecule has 1 aromatic rings. The molecule has 1 unspecified atom stereocenters. The molecule has 2 saturated heterocycles. The Hall–Kier alpha value is -1.88. The van der Waals surface area contributed by atoms with Crippen LogP contribution in [0.4, 0.5) is 0 Å². The zero-order chi connectivity index (χ0) is 16.2. The lowest BCUT2D eigenvalue weighted by molar-refractivity contribution is -0.132. The number of nitrogens with zero attached hydrogens (tertiary/aromatic N) is 1. The fourth-order valence-corrected chi connectivity index (χ4v) is 3.65. The number of ether oxygens (including phenoxy) is 1. The van der Waals surface area contributed by atoms with Gasteiger partial charge in [0, 0.05) is 19.7 Å². The molecule has 23 heavy (non-hydrogen) atoms. The summed E-state index contributed by atoms with van der Waals surface area (Å²) in [6.45, 7) is 2.37. The molecular weight excluding hydrogens is 294 g/mol. The minimum atomic E-state index is -0.981. The molecule has 124 valence electrons. The van der Waals surface area contributed by atoms with Crippen LogP contribution in [0.25, 0.3) is 0 Å². The second-order valence-corrected chi connectivity index (χ2v) is 6.41. The van der Waals surface area contributed by atoms with Gasteiger partial charge in [-0.1, -0.05) is 18.2 Å². The molecule has 5 nitrogen and oxygen atoms in total. The predicted molar refractivity (Wildman–Crippen MR) is 85.4 cm³/mol. The summed E-state index contributed by atoms with van der Waals surface area (Å²) in [5, 5.41) is 9.21. The Bertz CT molecular complexity index is 572. The molecule has 0 aliphatic carbocycles. The first-order chi connectivity index (χ1) is 11.1. The highest BCUT2D eigenvalue weighted by molar-refractivity contribution is 5.91. The van der Waals surface area contributed by atoms with Gasteiger partial charge in [0.05, 0.1) is 18.1 Å². The van der Waals surface area contributed by atoms with Gasteiger partial charge in [-0.25, -0.2) is 4.79 Å². The molecular formula is C18H23NO4. The van der Waals surface area contributed by atoms with Crippen LogP contribution in [0, 0.1) is 5.92 Å². The topological polar surface area (TPSA) is 66.8 Å². The average Bonchev–Trinajstić information content (AvgIpc) is 3.10. The van der Waals surface area contributed by atoms with Crippen LogP contribution in [0.2, 0.25) is 0 Å². The van der Waals surface area contributed by atoms with Gasteiger partial charge < -0.3 is 14.7 Å². The highest BCUT2D eigenvalue weighted by Gasteiger charge is 2.31. The number of aromatic carboxylic acids is 1. The molecule has 1 atom stereocenters. The lowest BCUT2D eigenvalue weighted by Gasteiger charge is -2.34. The van der Waals surface area contributed by atoms with Gasteiger partial charge in [-0.15, -0.1) is 0 Å². The Morgan fingerprint density at radius 3 is 2.57 bits per heavy atom. The zero-order valence-electron chi connectivity index (χ0n) is 13.2. The van der Waals surface area contributed by atoms with E-state index in [1.807, 2.05) is 4.90 Å². The monoisotopic (exact) mass is 317 g/mol. The van der Waals surface area contributed by atoms with E-state index in [9.17, 15) is 14.7 Å². The van der Waals surface area contributed by atoms with E-state index >= 15 is 0 Å². The molecule has 1 amide bonds. The summed E-state index contributed by atoms with van der Waals surface area (Å²) in [5.74, 6) is -0.400. The van der Waals surface area contributed by atoms with E-state index in [4.69, 9.17) is 4.74 Å². The van der Waals surface area contributed by atoms with Crippen LogP contribution in [-0.2, 0) is 16.0 Å². The lowest BCUT2D eigenvalue weighted by atomic mass is 9.89. The maximum atomic E-state index is 12.5. The molecule has 5 heteroatoms. The van der Waals surface area contributed by atoms with Crippen LogP contribution < -0.4 is 0 Å². The SMILES string of the molecule is O=C(O)c1ccccc1CC(=O)N1CCC(C2CCCO2)CC1. The third-order valence-electron chi connectivity index (χ3n) is 4.97. The smallest absolute Gasteiger partial charge is 0.335 e. The van der Waals surface area contributed by atoms with Crippen molar-refractivity contribution in [2.45, 2.75) is 38.2 Å². The number of piperidine rings is 1. The van der Waals surface area contributed by atoms with Gasteiger partial charge in [0.1, 0.15) is 0 Å². The Balaban J connectivity index is 1.56. The van der Waals surface area contributed by atoms with Gasteiger partial charge in [0.2, 0.25) is 5.91 Å². The second kappa shape index (κ2) is 7.13. The fourth-order valence-electron chi connectivity index (χ4n) is 3.65. The number of rotatable bonds is 4. The summed E-state index contributed by atoms with van der Waals surface area (Å²) in [6, 6.07) is 6.73. The molecule has 3 rings (SSSR count). The Labute approximate surface area is 136 Å². The maximum absolute atomic E-state index is 12.5. The number of hydrogen-bond donors (Lipinski definition) is 1. The number of amides is 1. The minimum Gasteiger partial charge on any atom is -0.478 e. The summed E-state index contributed by atoms with van der Waals surface area (Å²) in [5.41, 5.74) is 0.807. The summed E-state index contributed by atoms with van der Waals surface area (Å²) < 4.78 is 5.76. The van der Waals surface area contributed by atoms with Gasteiger partial charge in [0.25, 0.3) is 0 Å². The fraction of sp³-hybridized carbons (Fsp3) is 0.556. The molecule has 0 bridgehead atoms. The zero-order valence-corrected chi connectivity index (χ0v) is 13.2. The third kappa shape index (κ3) is 3.72. The molecule has 0 radical (unpaired) electrons. The van der Waals surface area contributed by atoms with E-state index in [1.165, 1.54) is 0 Å². The number of carboxylic acid groups (broad SMARTS) is 1. The third-order valence-corrected chi connectivity index (χ3v) is 4.97. The standard InChI is InChI=1S/C18H23NO4/c20-17(12-14-4-1-2-5-15(14)18(21)22)19-9-7-13(8-10-19)16-6-3-11-23-16/h1-2,4-5,13,16H,3,6-12H2,(H,21,22). The number of carbonyl (C=O) groups is 2. The van der Waals surface area contributed by atoms with Crippen molar-refractivity contribution in [1.29, 1.82) is 0 Å². The van der Waals surface area contributed by atoms with Crippen molar-refractivity contribution in [1.82, 2.24) is 4.90 Å². The number of likely N-dealkylation sites (tertiary alicyclic amines) is 1. The molecule has 1 aromatic carbocycles. The van der Waals surface area contributed by atoms with Crippen LogP contribution in [0.5, 0.6) is 0 Å². The van der Waals surface area contributed by atoms with Gasteiger partial charge >= 0.3 is 5.97 Å². The van der Waals surface area contributed by atoms with Crippen molar-refractivity contribution in [2.24, 2.45) is 5.92 Å². The molecule has 0 spiro atoms. The largest absolute Gasteiger partial charge is 0.478 e. The van der Waals surface area contributed by atoms with Crippen LogP contribution in [-0.4, -0.2) is 47.7 Å². The predicted octanol–water partition coefficient (Wildman–Crippen LogP) is 2.34. The summed E-state index contributed by atoms with van der Waals surface area (Å²) in [6.07, 6.45) is 4.79. The highest BCUT2D eigenvalue weighted by Crippen LogP contribution is 2.29. The number of benzene rings is 1. The normalized spacial score (nSPS) is 22.3. The van der Waals surface area contributed by atoms with Crippen LogP contribution in [0.15, 0.2) is 24.3 Å². The molecule has 1 N–H and O–H groups in total. The van der Waals surface area contributed by atoms with E-state index in [-0.39, 0.29) is 17.9 Å².